The van der Waals surface area contributed by atoms with Crippen LogP contribution in [0.4, 0.5) is 10.2 Å². The molecule has 5 rings (SSSR count). The van der Waals surface area contributed by atoms with Crippen molar-refractivity contribution >= 4 is 23.5 Å². The van der Waals surface area contributed by atoms with Crippen molar-refractivity contribution in [3.05, 3.63) is 77.2 Å². The van der Waals surface area contributed by atoms with Gasteiger partial charge in [0.15, 0.2) is 11.0 Å². The number of amides is 1. The molecule has 2 aromatic heterocycles. The van der Waals surface area contributed by atoms with Crippen LogP contribution in [-0.4, -0.2) is 31.0 Å². The molecule has 0 saturated heterocycles. The molecule has 0 aliphatic heterocycles. The Morgan fingerprint density at radius 1 is 1.14 bits per heavy atom. The van der Waals surface area contributed by atoms with Crippen molar-refractivity contribution in [2.75, 3.05) is 11.1 Å². The Labute approximate surface area is 206 Å². The SMILES string of the molecule is Cc1c(C#N)c(NC(=O)CSc2nnc(-c3ccccc3F)n2C2CC2)n(-c2ccccc2)c1C. The van der Waals surface area contributed by atoms with Crippen LogP contribution < -0.4 is 5.32 Å². The number of carbonyl (C=O) groups is 1. The van der Waals surface area contributed by atoms with Gasteiger partial charge in [-0.25, -0.2) is 4.39 Å². The highest BCUT2D eigenvalue weighted by molar-refractivity contribution is 7.99. The molecule has 1 amide bonds. The Morgan fingerprint density at radius 3 is 2.54 bits per heavy atom. The molecule has 0 atom stereocenters. The molecular formula is C26H23FN6OS. The van der Waals surface area contributed by atoms with Crippen LogP contribution in [0.25, 0.3) is 17.1 Å². The van der Waals surface area contributed by atoms with E-state index < -0.39 is 0 Å². The maximum Gasteiger partial charge on any atom is 0.236 e. The predicted octanol–water partition coefficient (Wildman–Crippen LogP) is 5.43. The first-order valence-corrected chi connectivity index (χ1v) is 12.3. The number of rotatable bonds is 7. The van der Waals surface area contributed by atoms with E-state index in [9.17, 15) is 14.4 Å². The molecule has 1 aliphatic carbocycles. The smallest absolute Gasteiger partial charge is 0.236 e. The van der Waals surface area contributed by atoms with Gasteiger partial charge in [-0.1, -0.05) is 42.1 Å². The topological polar surface area (TPSA) is 88.5 Å². The molecule has 1 fully saturated rings. The van der Waals surface area contributed by atoms with Crippen molar-refractivity contribution in [1.82, 2.24) is 19.3 Å². The second-order valence-corrected chi connectivity index (χ2v) is 9.38. The third-order valence-corrected chi connectivity index (χ3v) is 7.06. The van der Waals surface area contributed by atoms with Crippen molar-refractivity contribution in [3.63, 3.8) is 0 Å². The number of benzene rings is 2. The number of para-hydroxylation sites is 1. The van der Waals surface area contributed by atoms with Gasteiger partial charge in [-0.2, -0.15) is 5.26 Å². The molecule has 7 nitrogen and oxygen atoms in total. The molecule has 9 heteroatoms. The lowest BCUT2D eigenvalue weighted by Crippen LogP contribution is -2.18. The zero-order chi connectivity index (χ0) is 24.5. The zero-order valence-corrected chi connectivity index (χ0v) is 20.1. The molecule has 0 radical (unpaired) electrons. The monoisotopic (exact) mass is 486 g/mol. The Bertz CT molecular complexity index is 1450. The minimum absolute atomic E-state index is 0.0745. The fraction of sp³-hybridized carbons (Fsp3) is 0.231. The third-order valence-electron chi connectivity index (χ3n) is 6.12. The number of hydrogen-bond acceptors (Lipinski definition) is 5. The van der Waals surface area contributed by atoms with Crippen molar-refractivity contribution in [1.29, 1.82) is 5.26 Å². The van der Waals surface area contributed by atoms with E-state index in [4.69, 9.17) is 0 Å². The molecule has 1 saturated carbocycles. The summed E-state index contributed by atoms with van der Waals surface area (Å²) in [7, 11) is 0. The first kappa shape index (κ1) is 22.9. The van der Waals surface area contributed by atoms with Gasteiger partial charge in [-0.05, 0) is 56.5 Å². The van der Waals surface area contributed by atoms with E-state index in [1.807, 2.05) is 53.3 Å². The predicted molar refractivity (Wildman–Crippen MR) is 133 cm³/mol. The van der Waals surface area contributed by atoms with Crippen molar-refractivity contribution in [3.8, 4) is 23.1 Å². The lowest BCUT2D eigenvalue weighted by molar-refractivity contribution is -0.113. The number of nitriles is 1. The van der Waals surface area contributed by atoms with E-state index in [0.717, 1.165) is 29.8 Å². The van der Waals surface area contributed by atoms with E-state index in [-0.39, 0.29) is 23.5 Å². The summed E-state index contributed by atoms with van der Waals surface area (Å²) in [6.07, 6.45) is 1.93. The highest BCUT2D eigenvalue weighted by atomic mass is 32.2. The summed E-state index contributed by atoms with van der Waals surface area (Å²) < 4.78 is 18.2. The van der Waals surface area contributed by atoms with Crippen molar-refractivity contribution in [2.45, 2.75) is 37.9 Å². The van der Waals surface area contributed by atoms with Gasteiger partial charge in [0.05, 0.1) is 16.9 Å². The number of nitrogens with zero attached hydrogens (tertiary/aromatic N) is 5. The number of thioether (sulfide) groups is 1. The largest absolute Gasteiger partial charge is 0.310 e. The first-order valence-electron chi connectivity index (χ1n) is 11.3. The number of halogens is 1. The minimum Gasteiger partial charge on any atom is -0.310 e. The molecule has 0 unspecified atom stereocenters. The fourth-order valence-electron chi connectivity index (χ4n) is 4.12. The standard InChI is InChI=1S/C26H23FN6OS/c1-16-17(2)32(18-8-4-3-5-9-18)24(21(16)14-28)29-23(34)15-35-26-31-30-25(33(26)19-12-13-19)20-10-6-7-11-22(20)27/h3-11,19H,12-13,15H2,1-2H3,(H,29,34). The minimum atomic E-state index is -0.354. The van der Waals surface area contributed by atoms with Gasteiger partial charge in [-0.15, -0.1) is 10.2 Å². The lowest BCUT2D eigenvalue weighted by atomic mass is 10.2. The summed E-state index contributed by atoms with van der Waals surface area (Å²) in [6, 6.07) is 18.5. The van der Waals surface area contributed by atoms with Crippen LogP contribution in [0.15, 0.2) is 59.8 Å². The summed E-state index contributed by atoms with van der Waals surface area (Å²) in [5.41, 5.74) is 3.41. The molecule has 176 valence electrons. The third kappa shape index (κ3) is 4.33. The Hall–Kier alpha value is -3.90. The lowest BCUT2D eigenvalue weighted by Gasteiger charge is -2.13. The molecule has 1 N–H and O–H groups in total. The summed E-state index contributed by atoms with van der Waals surface area (Å²) in [4.78, 5) is 13.0. The molecule has 0 spiro atoms. The molecular weight excluding hydrogens is 463 g/mol. The number of carbonyl (C=O) groups excluding carboxylic acids is 1. The molecule has 35 heavy (non-hydrogen) atoms. The number of aromatic nitrogens is 4. The highest BCUT2D eigenvalue weighted by Gasteiger charge is 2.31. The Balaban J connectivity index is 1.39. The second kappa shape index (κ2) is 9.39. The van der Waals surface area contributed by atoms with E-state index in [1.165, 1.54) is 17.8 Å². The van der Waals surface area contributed by atoms with Gasteiger partial charge in [0.1, 0.15) is 17.7 Å². The van der Waals surface area contributed by atoms with Crippen LogP contribution in [0.2, 0.25) is 0 Å². The molecule has 0 bridgehead atoms. The van der Waals surface area contributed by atoms with Crippen LogP contribution in [0.1, 0.15) is 35.7 Å². The number of anilines is 1. The van der Waals surface area contributed by atoms with E-state index in [2.05, 4.69) is 21.6 Å². The maximum absolute atomic E-state index is 14.4. The molecule has 1 aliphatic rings. The van der Waals surface area contributed by atoms with Gasteiger partial charge in [0, 0.05) is 17.4 Å². The highest BCUT2D eigenvalue weighted by Crippen LogP contribution is 2.41. The summed E-state index contributed by atoms with van der Waals surface area (Å²) >= 11 is 1.25. The van der Waals surface area contributed by atoms with Crippen LogP contribution >= 0.6 is 11.8 Å². The van der Waals surface area contributed by atoms with Crippen LogP contribution in [0.3, 0.4) is 0 Å². The quantitative estimate of drug-likeness (QED) is 0.352. The number of nitrogens with one attached hydrogen (secondary N) is 1. The molecule has 2 heterocycles. The second-order valence-electron chi connectivity index (χ2n) is 8.44. The van der Waals surface area contributed by atoms with Crippen molar-refractivity contribution in [2.24, 2.45) is 0 Å². The average Bonchev–Trinajstić information content (AvgIpc) is 3.57. The Kier molecular flexibility index (Phi) is 6.14. The van der Waals surface area contributed by atoms with Crippen LogP contribution in [0, 0.1) is 31.0 Å². The molecule has 2 aromatic carbocycles. The summed E-state index contributed by atoms with van der Waals surface area (Å²) in [6.45, 7) is 3.80. The van der Waals surface area contributed by atoms with Gasteiger partial charge in [0.2, 0.25) is 5.91 Å². The normalized spacial score (nSPS) is 13.0. The Morgan fingerprint density at radius 2 is 1.86 bits per heavy atom. The van der Waals surface area contributed by atoms with E-state index >= 15 is 0 Å². The van der Waals surface area contributed by atoms with Gasteiger partial charge in [0.25, 0.3) is 0 Å². The van der Waals surface area contributed by atoms with Crippen molar-refractivity contribution < 1.29 is 9.18 Å². The number of hydrogen-bond donors (Lipinski definition) is 1. The maximum atomic E-state index is 14.4. The van der Waals surface area contributed by atoms with Crippen LogP contribution in [-0.2, 0) is 4.79 Å². The van der Waals surface area contributed by atoms with Crippen LogP contribution in [0.5, 0.6) is 0 Å². The fourth-order valence-corrected chi connectivity index (χ4v) is 4.93. The molecule has 4 aromatic rings. The summed E-state index contributed by atoms with van der Waals surface area (Å²) in [5.74, 6) is 0.386. The summed E-state index contributed by atoms with van der Waals surface area (Å²) in [5, 5.41) is 21.8. The van der Waals surface area contributed by atoms with Gasteiger partial charge in [-0.3, -0.25) is 13.9 Å². The van der Waals surface area contributed by atoms with Gasteiger partial charge >= 0.3 is 0 Å². The average molecular weight is 487 g/mol. The zero-order valence-electron chi connectivity index (χ0n) is 19.3. The first-order chi connectivity index (χ1) is 17.0. The van der Waals surface area contributed by atoms with E-state index in [0.29, 0.717) is 27.9 Å². The van der Waals surface area contributed by atoms with Gasteiger partial charge < -0.3 is 5.32 Å². The van der Waals surface area contributed by atoms with E-state index in [1.54, 1.807) is 18.2 Å².